The molecule has 3 aliphatic rings. The molecule has 12 nitrogen and oxygen atoms in total. The number of nitrogens with one attached hydrogen (secondary N) is 2. The Bertz CT molecular complexity index is 1360. The molecular formula is C23H23F2N7O5S. The topological polar surface area (TPSA) is 135 Å². The summed E-state index contributed by atoms with van der Waals surface area (Å²) in [5.41, 5.74) is 1.20. The third-order valence-corrected chi connectivity index (χ3v) is 7.67. The van der Waals surface area contributed by atoms with Crippen molar-refractivity contribution >= 4 is 34.4 Å². The second-order valence-electron chi connectivity index (χ2n) is 9.11. The van der Waals surface area contributed by atoms with Crippen molar-refractivity contribution in [1.29, 1.82) is 0 Å². The van der Waals surface area contributed by atoms with Gasteiger partial charge in [-0.3, -0.25) is 10.1 Å². The van der Waals surface area contributed by atoms with E-state index in [1.807, 2.05) is 4.90 Å². The molecule has 2 bridgehead atoms. The molecule has 3 aromatic rings. The molecule has 200 valence electrons. The maximum atomic E-state index is 12.6. The van der Waals surface area contributed by atoms with E-state index < -0.39 is 6.61 Å². The van der Waals surface area contributed by atoms with Crippen LogP contribution in [0.4, 0.5) is 24.7 Å². The normalized spacial score (nSPS) is 20.6. The lowest BCUT2D eigenvalue weighted by Gasteiger charge is -2.43. The van der Waals surface area contributed by atoms with Crippen molar-refractivity contribution in [2.24, 2.45) is 0 Å². The third kappa shape index (κ3) is 4.74. The van der Waals surface area contributed by atoms with E-state index in [-0.39, 0.29) is 35.9 Å². The number of fused-ring (bicyclic) bond motifs is 4. The summed E-state index contributed by atoms with van der Waals surface area (Å²) in [6, 6.07) is 4.08. The Labute approximate surface area is 219 Å². The molecule has 3 aromatic heterocycles. The number of carbonyl (C=O) groups is 2. The molecular weight excluding hydrogens is 524 g/mol. The number of hydrogen-bond donors (Lipinski definition) is 2. The van der Waals surface area contributed by atoms with Crippen molar-refractivity contribution < 1.29 is 32.3 Å². The molecule has 0 aliphatic carbocycles. The second-order valence-corrected chi connectivity index (χ2v) is 10.1. The van der Waals surface area contributed by atoms with Crippen LogP contribution in [0.5, 0.6) is 5.88 Å². The summed E-state index contributed by atoms with van der Waals surface area (Å²) in [7, 11) is 0. The Balaban J connectivity index is 1.17. The van der Waals surface area contributed by atoms with E-state index in [2.05, 4.69) is 30.3 Å². The monoisotopic (exact) mass is 547 g/mol. The van der Waals surface area contributed by atoms with Gasteiger partial charge in [-0.25, -0.2) is 19.7 Å². The molecule has 2 atom stereocenters. The SMILES string of the molecule is CC(=O)N1CC(NC(=O)Nc2nc3c(s2)[C@@H]2COC[C@H](C3)N2c2ncc(-c3cccc(OC(F)F)n3)o2)C1. The number of pyridine rings is 1. The van der Waals surface area contributed by atoms with Crippen LogP contribution >= 0.6 is 11.3 Å². The Hall–Kier alpha value is -3.85. The molecule has 2 fully saturated rings. The maximum absolute atomic E-state index is 12.6. The molecule has 3 amide bonds. The number of alkyl halides is 2. The molecule has 3 aliphatic heterocycles. The Morgan fingerprint density at radius 3 is 2.87 bits per heavy atom. The van der Waals surface area contributed by atoms with Crippen LogP contribution in [0.3, 0.4) is 0 Å². The number of halogens is 2. The fourth-order valence-electron chi connectivity index (χ4n) is 4.78. The van der Waals surface area contributed by atoms with E-state index in [1.165, 1.54) is 30.5 Å². The molecule has 2 N–H and O–H groups in total. The van der Waals surface area contributed by atoms with Gasteiger partial charge in [-0.1, -0.05) is 17.4 Å². The van der Waals surface area contributed by atoms with Gasteiger partial charge in [0, 0.05) is 32.5 Å². The molecule has 6 heterocycles. The lowest BCUT2D eigenvalue weighted by Crippen LogP contribution is -2.61. The zero-order chi connectivity index (χ0) is 26.4. The summed E-state index contributed by atoms with van der Waals surface area (Å²) >= 11 is 1.36. The van der Waals surface area contributed by atoms with Crippen LogP contribution in [-0.4, -0.2) is 76.8 Å². The quantitative estimate of drug-likeness (QED) is 0.478. The highest BCUT2D eigenvalue weighted by Crippen LogP contribution is 2.43. The van der Waals surface area contributed by atoms with Gasteiger partial charge < -0.3 is 29.0 Å². The van der Waals surface area contributed by atoms with Gasteiger partial charge in [0.15, 0.2) is 10.9 Å². The van der Waals surface area contributed by atoms with Crippen molar-refractivity contribution in [1.82, 2.24) is 25.2 Å². The van der Waals surface area contributed by atoms with Crippen molar-refractivity contribution in [3.8, 4) is 17.3 Å². The summed E-state index contributed by atoms with van der Waals surface area (Å²) in [6.07, 6.45) is 2.06. The number of nitrogens with zero attached hydrogens (tertiary/aromatic N) is 5. The fourth-order valence-corrected chi connectivity index (χ4v) is 5.86. The highest BCUT2D eigenvalue weighted by atomic mass is 32.1. The van der Waals surface area contributed by atoms with E-state index in [0.29, 0.717) is 55.3 Å². The predicted molar refractivity (Wildman–Crippen MR) is 130 cm³/mol. The molecule has 0 saturated carbocycles. The van der Waals surface area contributed by atoms with Crippen LogP contribution < -0.4 is 20.3 Å². The maximum Gasteiger partial charge on any atom is 0.388 e. The Morgan fingerprint density at radius 2 is 2.08 bits per heavy atom. The largest absolute Gasteiger partial charge is 0.422 e. The highest BCUT2D eigenvalue weighted by molar-refractivity contribution is 7.16. The van der Waals surface area contributed by atoms with E-state index in [9.17, 15) is 18.4 Å². The number of aromatic nitrogens is 3. The number of rotatable bonds is 6. The van der Waals surface area contributed by atoms with Gasteiger partial charge >= 0.3 is 12.6 Å². The zero-order valence-electron chi connectivity index (χ0n) is 20.1. The number of thiazole rings is 1. The molecule has 6 rings (SSSR count). The minimum Gasteiger partial charge on any atom is -0.422 e. The molecule has 0 radical (unpaired) electrons. The first-order valence-electron chi connectivity index (χ1n) is 11.9. The van der Waals surface area contributed by atoms with Crippen LogP contribution in [0.25, 0.3) is 11.5 Å². The van der Waals surface area contributed by atoms with Crippen LogP contribution in [0, 0.1) is 0 Å². The van der Waals surface area contributed by atoms with Crippen LogP contribution in [0.2, 0.25) is 0 Å². The first kappa shape index (κ1) is 24.5. The van der Waals surface area contributed by atoms with E-state index >= 15 is 0 Å². The summed E-state index contributed by atoms with van der Waals surface area (Å²) in [5.74, 6) is 0.0790. The standard InChI is InChI=1S/C23H23F2N7O5S/c1-11(33)31-7-12(8-31)27-21(34)30-22-29-15-5-13-9-35-10-16(19(15)38-22)32(13)23-26-6-17(36-23)14-3-2-4-18(28-14)37-20(24)25/h2-4,6,12-13,16,20H,5,7-10H2,1H3,(H2,27,29,30,34)/t13-,16-/m0/s1. The van der Waals surface area contributed by atoms with E-state index in [4.69, 9.17) is 9.15 Å². The summed E-state index contributed by atoms with van der Waals surface area (Å²) in [5, 5.41) is 6.12. The average Bonchev–Trinajstić information content (AvgIpc) is 3.47. The Morgan fingerprint density at radius 1 is 1.24 bits per heavy atom. The molecule has 0 aromatic carbocycles. The first-order valence-corrected chi connectivity index (χ1v) is 12.7. The average molecular weight is 548 g/mol. The lowest BCUT2D eigenvalue weighted by molar-refractivity contribution is -0.133. The fraction of sp³-hybridized carbons (Fsp3) is 0.435. The van der Waals surface area contributed by atoms with Gasteiger partial charge in [0.2, 0.25) is 11.8 Å². The predicted octanol–water partition coefficient (Wildman–Crippen LogP) is 2.65. The van der Waals surface area contributed by atoms with Gasteiger partial charge in [0.05, 0.1) is 48.1 Å². The number of carbonyl (C=O) groups excluding carboxylic acids is 2. The molecule has 38 heavy (non-hydrogen) atoms. The number of likely N-dealkylation sites (tertiary alicyclic amines) is 1. The van der Waals surface area contributed by atoms with Crippen molar-refractivity contribution in [3.05, 3.63) is 35.0 Å². The zero-order valence-corrected chi connectivity index (χ0v) is 20.9. The van der Waals surface area contributed by atoms with E-state index in [0.717, 1.165) is 10.6 Å². The molecule has 15 heteroatoms. The number of amides is 3. The first-order chi connectivity index (χ1) is 18.3. The number of urea groups is 1. The molecule has 0 unspecified atom stereocenters. The highest BCUT2D eigenvalue weighted by Gasteiger charge is 2.43. The second kappa shape index (κ2) is 9.79. The van der Waals surface area contributed by atoms with Crippen molar-refractivity contribution in [3.63, 3.8) is 0 Å². The number of morpholine rings is 1. The molecule has 0 spiro atoms. The summed E-state index contributed by atoms with van der Waals surface area (Å²) < 4.78 is 41.4. The summed E-state index contributed by atoms with van der Waals surface area (Å²) in [4.78, 5) is 41.6. The number of anilines is 2. The van der Waals surface area contributed by atoms with Gasteiger partial charge in [-0.15, -0.1) is 0 Å². The van der Waals surface area contributed by atoms with Crippen molar-refractivity contribution in [2.45, 2.75) is 38.1 Å². The minimum absolute atomic E-state index is 0.0161. The smallest absolute Gasteiger partial charge is 0.388 e. The van der Waals surface area contributed by atoms with Gasteiger partial charge in [0.25, 0.3) is 6.01 Å². The summed E-state index contributed by atoms with van der Waals surface area (Å²) in [6.45, 7) is 0.325. The van der Waals surface area contributed by atoms with Crippen LogP contribution in [0.1, 0.15) is 23.5 Å². The Kier molecular flexibility index (Phi) is 6.31. The van der Waals surface area contributed by atoms with Gasteiger partial charge in [-0.05, 0) is 6.07 Å². The lowest BCUT2D eigenvalue weighted by atomic mass is 9.97. The number of oxazole rings is 1. The number of ether oxygens (including phenoxy) is 2. The molecule has 2 saturated heterocycles. The number of hydrogen-bond acceptors (Lipinski definition) is 10. The van der Waals surface area contributed by atoms with E-state index in [1.54, 1.807) is 17.0 Å². The van der Waals surface area contributed by atoms with Crippen molar-refractivity contribution in [2.75, 3.05) is 36.5 Å². The van der Waals surface area contributed by atoms with Gasteiger partial charge in [-0.2, -0.15) is 8.78 Å². The van der Waals surface area contributed by atoms with Crippen LogP contribution in [0.15, 0.2) is 28.8 Å². The third-order valence-electron chi connectivity index (χ3n) is 6.56. The minimum atomic E-state index is -2.98. The van der Waals surface area contributed by atoms with Gasteiger partial charge in [0.1, 0.15) is 5.69 Å². The van der Waals surface area contributed by atoms with Crippen LogP contribution in [-0.2, 0) is 16.0 Å².